The Kier molecular flexibility index (Phi) is 3.57. The zero-order valence-corrected chi connectivity index (χ0v) is 8.53. The molecule has 0 aliphatic carbocycles. The van der Waals surface area contributed by atoms with E-state index < -0.39 is 34.8 Å². The molecule has 0 radical (unpaired) electrons. The third-order valence-corrected chi connectivity index (χ3v) is 1.97. The first-order chi connectivity index (χ1) is 7.27. The molecule has 0 unspecified atom stereocenters. The molecule has 0 saturated carbocycles. The quantitative estimate of drug-likeness (QED) is 0.757. The van der Waals surface area contributed by atoms with Crippen molar-refractivity contribution in [2.24, 2.45) is 0 Å². The van der Waals surface area contributed by atoms with Crippen LogP contribution < -0.4 is 4.74 Å². The first kappa shape index (κ1) is 13.0. The Balaban J connectivity index is 3.41. The summed E-state index contributed by atoms with van der Waals surface area (Å²) in [5.41, 5.74) is -2.63. The maximum atomic E-state index is 12.4. The molecule has 0 spiro atoms. The highest BCUT2D eigenvalue weighted by Gasteiger charge is 2.38. The molecule has 0 saturated heterocycles. The molecule has 1 rings (SSSR count). The van der Waals surface area contributed by atoms with Gasteiger partial charge in [0.05, 0.1) is 12.1 Å². The molecule has 1 aromatic rings. The van der Waals surface area contributed by atoms with Gasteiger partial charge in [-0.2, -0.15) is 13.2 Å². The summed E-state index contributed by atoms with van der Waals surface area (Å²) in [4.78, 5) is 2.78. The van der Waals surface area contributed by atoms with Crippen molar-refractivity contribution in [1.29, 1.82) is 0 Å². The lowest BCUT2D eigenvalue weighted by molar-refractivity contribution is -0.142. The fourth-order valence-electron chi connectivity index (χ4n) is 0.998. The molecule has 16 heavy (non-hydrogen) atoms. The number of alkyl halides is 5. The third kappa shape index (κ3) is 2.52. The van der Waals surface area contributed by atoms with Crippen molar-refractivity contribution in [3.8, 4) is 5.75 Å². The van der Waals surface area contributed by atoms with E-state index in [1.165, 1.54) is 0 Å². The third-order valence-electron chi connectivity index (χ3n) is 1.66. The highest BCUT2D eigenvalue weighted by Crippen LogP contribution is 2.38. The Morgan fingerprint density at radius 3 is 2.31 bits per heavy atom. The molecule has 8 heteroatoms. The van der Waals surface area contributed by atoms with Crippen LogP contribution in [0.15, 0.2) is 6.07 Å². The molecule has 1 aromatic heterocycles. The molecular weight excluding hydrogens is 257 g/mol. The van der Waals surface area contributed by atoms with E-state index in [4.69, 9.17) is 11.6 Å². The van der Waals surface area contributed by atoms with Crippen molar-refractivity contribution in [3.63, 3.8) is 0 Å². The van der Waals surface area contributed by atoms with E-state index in [0.29, 0.717) is 6.07 Å². The number of hydrogen-bond acceptors (Lipinski definition) is 2. The van der Waals surface area contributed by atoms with Gasteiger partial charge in [0.2, 0.25) is 0 Å². The molecule has 0 amide bonds. The van der Waals surface area contributed by atoms with Crippen molar-refractivity contribution in [2.45, 2.75) is 12.6 Å². The minimum absolute atomic E-state index is 0.570. The van der Waals surface area contributed by atoms with Crippen molar-refractivity contribution >= 4 is 11.6 Å². The van der Waals surface area contributed by atoms with E-state index in [2.05, 4.69) is 9.72 Å². The van der Waals surface area contributed by atoms with Crippen molar-refractivity contribution < 1.29 is 26.7 Å². The Bertz CT molecular complexity index is 393. The number of methoxy groups -OCH3 is 1. The Labute approximate surface area is 92.0 Å². The number of nitrogens with zero attached hydrogens (tertiary/aromatic N) is 1. The molecule has 0 aliphatic heterocycles. The summed E-state index contributed by atoms with van der Waals surface area (Å²) in [7, 11) is 0.963. The van der Waals surface area contributed by atoms with Gasteiger partial charge in [0.25, 0.3) is 6.43 Å². The second-order valence-corrected chi connectivity index (χ2v) is 3.11. The van der Waals surface area contributed by atoms with Gasteiger partial charge < -0.3 is 4.74 Å². The fraction of sp³-hybridized carbons (Fsp3) is 0.375. The van der Waals surface area contributed by atoms with Crippen LogP contribution in [-0.2, 0) is 6.18 Å². The highest BCUT2D eigenvalue weighted by atomic mass is 35.5. The predicted molar refractivity (Wildman–Crippen MR) is 45.8 cm³/mol. The molecule has 0 fully saturated rings. The number of halogens is 6. The Hall–Kier alpha value is -1.11. The highest BCUT2D eigenvalue weighted by molar-refractivity contribution is 6.31. The minimum atomic E-state index is -4.88. The molecule has 1 heterocycles. The molecule has 0 N–H and O–H groups in total. The molecule has 0 bridgehead atoms. The average molecular weight is 262 g/mol. The summed E-state index contributed by atoms with van der Waals surface area (Å²) in [6.07, 6.45) is -8.06. The zero-order valence-electron chi connectivity index (χ0n) is 7.78. The van der Waals surface area contributed by atoms with E-state index >= 15 is 0 Å². The first-order valence-electron chi connectivity index (χ1n) is 3.87. The van der Waals surface area contributed by atoms with Crippen LogP contribution in [0.2, 0.25) is 5.02 Å². The van der Waals surface area contributed by atoms with Crippen LogP contribution in [0.3, 0.4) is 0 Å². The van der Waals surface area contributed by atoms with Gasteiger partial charge in [0.15, 0.2) is 11.4 Å². The van der Waals surface area contributed by atoms with Gasteiger partial charge in [0.1, 0.15) is 5.69 Å². The van der Waals surface area contributed by atoms with Crippen LogP contribution in [0.25, 0.3) is 0 Å². The Morgan fingerprint density at radius 2 is 1.94 bits per heavy atom. The van der Waals surface area contributed by atoms with Crippen molar-refractivity contribution in [1.82, 2.24) is 4.98 Å². The van der Waals surface area contributed by atoms with Crippen LogP contribution in [-0.4, -0.2) is 12.1 Å². The summed E-state index contributed by atoms with van der Waals surface area (Å²) >= 11 is 5.34. The van der Waals surface area contributed by atoms with Crippen LogP contribution in [0.5, 0.6) is 5.75 Å². The van der Waals surface area contributed by atoms with Crippen LogP contribution in [0.4, 0.5) is 22.0 Å². The molecule has 0 atom stereocenters. The van der Waals surface area contributed by atoms with E-state index in [-0.39, 0.29) is 0 Å². The van der Waals surface area contributed by atoms with Gasteiger partial charge in [-0.1, -0.05) is 11.6 Å². The van der Waals surface area contributed by atoms with Gasteiger partial charge in [-0.3, -0.25) is 0 Å². The van der Waals surface area contributed by atoms with E-state index in [0.717, 1.165) is 7.11 Å². The molecule has 0 aliphatic rings. The van der Waals surface area contributed by atoms with Gasteiger partial charge in [-0.05, 0) is 0 Å². The first-order valence-corrected chi connectivity index (χ1v) is 4.25. The molecule has 90 valence electrons. The van der Waals surface area contributed by atoms with E-state index in [9.17, 15) is 22.0 Å². The van der Waals surface area contributed by atoms with Gasteiger partial charge in [0, 0.05) is 6.07 Å². The van der Waals surface area contributed by atoms with E-state index in [1.807, 2.05) is 0 Å². The summed E-state index contributed by atoms with van der Waals surface area (Å²) < 4.78 is 66.1. The normalized spacial score (nSPS) is 12.0. The second-order valence-electron chi connectivity index (χ2n) is 2.70. The summed E-state index contributed by atoms with van der Waals surface area (Å²) in [6, 6.07) is 0.666. The number of pyridine rings is 1. The van der Waals surface area contributed by atoms with Gasteiger partial charge in [-0.25, -0.2) is 13.8 Å². The SMILES string of the molecule is COc1cc(Cl)c(C(F)F)nc1C(F)(F)F. The topological polar surface area (TPSA) is 22.1 Å². The lowest BCUT2D eigenvalue weighted by Gasteiger charge is -2.13. The Morgan fingerprint density at radius 1 is 1.38 bits per heavy atom. The molecule has 2 nitrogen and oxygen atoms in total. The van der Waals surface area contributed by atoms with Crippen molar-refractivity contribution in [3.05, 3.63) is 22.5 Å². The minimum Gasteiger partial charge on any atom is -0.494 e. The maximum absolute atomic E-state index is 12.4. The van der Waals surface area contributed by atoms with Gasteiger partial charge >= 0.3 is 6.18 Å². The largest absolute Gasteiger partial charge is 0.494 e. The lowest BCUT2D eigenvalue weighted by atomic mass is 10.2. The number of rotatable bonds is 2. The van der Waals surface area contributed by atoms with Crippen LogP contribution >= 0.6 is 11.6 Å². The number of ether oxygens (including phenoxy) is 1. The second kappa shape index (κ2) is 4.40. The molecular formula is C8H5ClF5NO. The van der Waals surface area contributed by atoms with Gasteiger partial charge in [-0.15, -0.1) is 0 Å². The number of aromatic nitrogens is 1. The monoisotopic (exact) mass is 261 g/mol. The van der Waals surface area contributed by atoms with Crippen LogP contribution in [0.1, 0.15) is 17.8 Å². The summed E-state index contributed by atoms with van der Waals surface area (Å²) in [6.45, 7) is 0. The zero-order chi connectivity index (χ0) is 12.5. The fourth-order valence-corrected chi connectivity index (χ4v) is 1.22. The van der Waals surface area contributed by atoms with Crippen molar-refractivity contribution in [2.75, 3.05) is 7.11 Å². The summed E-state index contributed by atoms with van der Waals surface area (Å²) in [5.74, 6) is -0.693. The average Bonchev–Trinajstić information content (AvgIpc) is 2.14. The molecule has 0 aromatic carbocycles. The van der Waals surface area contributed by atoms with Crippen LogP contribution in [0, 0.1) is 0 Å². The smallest absolute Gasteiger partial charge is 0.437 e. The number of hydrogen-bond donors (Lipinski definition) is 0. The maximum Gasteiger partial charge on any atom is 0.437 e. The summed E-state index contributed by atoms with van der Waals surface area (Å²) in [5, 5.41) is -0.570. The standard InChI is InChI=1S/C8H5ClF5NO/c1-16-4-2-3(9)5(7(10)11)15-6(4)8(12,13)14/h2,7H,1H3. The predicted octanol–water partition coefficient (Wildman–Crippen LogP) is 3.70. The lowest BCUT2D eigenvalue weighted by Crippen LogP contribution is -2.12. The van der Waals surface area contributed by atoms with E-state index in [1.54, 1.807) is 0 Å².